The molecule has 1 unspecified atom stereocenters. The minimum absolute atomic E-state index is 0.449. The smallest absolute Gasteiger partial charge is 0.379 e. The molecule has 14 heavy (non-hydrogen) atoms. The van der Waals surface area contributed by atoms with Gasteiger partial charge in [0.1, 0.15) is 5.82 Å². The number of alkyl halides is 3. The normalized spacial score (nSPS) is 14.1. The summed E-state index contributed by atoms with van der Waals surface area (Å²) in [6, 6.07) is 3.04. The molecule has 0 saturated carbocycles. The predicted molar refractivity (Wildman–Crippen MR) is 42.4 cm³/mol. The van der Waals surface area contributed by atoms with Gasteiger partial charge in [0.2, 0.25) is 0 Å². The van der Waals surface area contributed by atoms with Crippen LogP contribution in [0.4, 0.5) is 17.6 Å². The summed E-state index contributed by atoms with van der Waals surface area (Å²) in [5, 5.41) is 8.32. The standard InChI is InChI=1S/C8H5ClF4O/c9-4-2-1-3-5(10)6(4)7(14)8(11,12)13/h1-3,7,14H. The Hall–Kier alpha value is -0.810. The zero-order valence-corrected chi connectivity index (χ0v) is 7.40. The minimum Gasteiger partial charge on any atom is -0.379 e. The van der Waals surface area contributed by atoms with E-state index < -0.39 is 28.7 Å². The Kier molecular flexibility index (Phi) is 3.01. The average Bonchev–Trinajstić information content (AvgIpc) is 2.01. The van der Waals surface area contributed by atoms with Crippen molar-refractivity contribution in [1.82, 2.24) is 0 Å². The van der Waals surface area contributed by atoms with E-state index in [0.29, 0.717) is 0 Å². The number of halogens is 5. The van der Waals surface area contributed by atoms with Crippen molar-refractivity contribution >= 4 is 11.6 Å². The van der Waals surface area contributed by atoms with E-state index in [2.05, 4.69) is 0 Å². The highest BCUT2D eigenvalue weighted by Gasteiger charge is 2.41. The second kappa shape index (κ2) is 3.74. The van der Waals surface area contributed by atoms with Gasteiger partial charge in [0.05, 0.1) is 0 Å². The van der Waals surface area contributed by atoms with Crippen LogP contribution in [0.3, 0.4) is 0 Å². The van der Waals surface area contributed by atoms with Crippen molar-refractivity contribution in [3.8, 4) is 0 Å². The van der Waals surface area contributed by atoms with E-state index in [0.717, 1.165) is 18.2 Å². The Morgan fingerprint density at radius 2 is 1.86 bits per heavy atom. The topological polar surface area (TPSA) is 20.2 Å². The molecule has 0 amide bonds. The predicted octanol–water partition coefficient (Wildman–Crippen LogP) is 3.07. The quantitative estimate of drug-likeness (QED) is 0.733. The molecule has 1 rings (SSSR count). The van der Waals surface area contributed by atoms with E-state index in [9.17, 15) is 17.6 Å². The number of hydrogen-bond donors (Lipinski definition) is 1. The Balaban J connectivity index is 3.19. The van der Waals surface area contributed by atoms with Crippen LogP contribution < -0.4 is 0 Å². The van der Waals surface area contributed by atoms with Gasteiger partial charge in [-0.3, -0.25) is 0 Å². The first-order chi connectivity index (χ1) is 6.34. The fourth-order valence-corrected chi connectivity index (χ4v) is 1.20. The summed E-state index contributed by atoms with van der Waals surface area (Å²) >= 11 is 5.33. The fraction of sp³-hybridized carbons (Fsp3) is 0.250. The molecule has 6 heteroatoms. The number of aliphatic hydroxyl groups is 1. The molecule has 0 aliphatic rings. The van der Waals surface area contributed by atoms with E-state index in [1.54, 1.807) is 0 Å². The summed E-state index contributed by atoms with van der Waals surface area (Å²) < 4.78 is 48.9. The van der Waals surface area contributed by atoms with Crippen LogP contribution in [0.2, 0.25) is 5.02 Å². The second-order valence-electron chi connectivity index (χ2n) is 2.58. The van der Waals surface area contributed by atoms with Gasteiger partial charge < -0.3 is 5.11 Å². The Morgan fingerprint density at radius 3 is 2.29 bits per heavy atom. The molecule has 0 fully saturated rings. The van der Waals surface area contributed by atoms with Gasteiger partial charge in [-0.1, -0.05) is 17.7 Å². The molecule has 0 radical (unpaired) electrons. The van der Waals surface area contributed by atoms with Crippen molar-refractivity contribution in [2.75, 3.05) is 0 Å². The van der Waals surface area contributed by atoms with E-state index in [4.69, 9.17) is 16.7 Å². The van der Waals surface area contributed by atoms with Gasteiger partial charge >= 0.3 is 6.18 Å². The van der Waals surface area contributed by atoms with E-state index in [-0.39, 0.29) is 0 Å². The third-order valence-electron chi connectivity index (χ3n) is 1.58. The minimum atomic E-state index is -4.92. The zero-order chi connectivity index (χ0) is 10.9. The monoisotopic (exact) mass is 228 g/mol. The van der Waals surface area contributed by atoms with Crippen molar-refractivity contribution in [2.45, 2.75) is 12.3 Å². The number of hydrogen-bond acceptors (Lipinski definition) is 1. The SMILES string of the molecule is OC(c1c(F)cccc1Cl)C(F)(F)F. The Labute approximate surface area is 81.9 Å². The van der Waals surface area contributed by atoms with Crippen molar-refractivity contribution < 1.29 is 22.7 Å². The maximum Gasteiger partial charge on any atom is 0.418 e. The van der Waals surface area contributed by atoms with Crippen molar-refractivity contribution in [3.05, 3.63) is 34.6 Å². The van der Waals surface area contributed by atoms with Crippen molar-refractivity contribution in [3.63, 3.8) is 0 Å². The molecule has 0 aromatic heterocycles. The van der Waals surface area contributed by atoms with Crippen LogP contribution >= 0.6 is 11.6 Å². The highest BCUT2D eigenvalue weighted by Crippen LogP contribution is 2.37. The Bertz CT molecular complexity index is 316. The summed E-state index contributed by atoms with van der Waals surface area (Å²) in [5.74, 6) is -1.18. The maximum atomic E-state index is 12.9. The molecule has 1 N–H and O–H groups in total. The molecular weight excluding hydrogens is 224 g/mol. The lowest BCUT2D eigenvalue weighted by Crippen LogP contribution is -2.21. The van der Waals surface area contributed by atoms with Gasteiger partial charge in [-0.2, -0.15) is 13.2 Å². The summed E-state index contributed by atoms with van der Waals surface area (Å²) in [6.45, 7) is 0. The maximum absolute atomic E-state index is 12.9. The molecular formula is C8H5ClF4O. The highest BCUT2D eigenvalue weighted by atomic mass is 35.5. The van der Waals surface area contributed by atoms with E-state index in [1.165, 1.54) is 0 Å². The molecule has 0 heterocycles. The molecule has 1 atom stereocenters. The largest absolute Gasteiger partial charge is 0.418 e. The molecule has 0 bridgehead atoms. The van der Waals surface area contributed by atoms with Gasteiger partial charge in [-0.25, -0.2) is 4.39 Å². The molecule has 1 aromatic rings. The molecule has 0 spiro atoms. The third-order valence-corrected chi connectivity index (χ3v) is 1.91. The first-order valence-corrected chi connectivity index (χ1v) is 3.90. The van der Waals surface area contributed by atoms with Gasteiger partial charge in [0.15, 0.2) is 6.10 Å². The lowest BCUT2D eigenvalue weighted by atomic mass is 10.1. The van der Waals surface area contributed by atoms with Crippen LogP contribution in [-0.4, -0.2) is 11.3 Å². The average molecular weight is 229 g/mol. The van der Waals surface area contributed by atoms with Gasteiger partial charge in [-0.15, -0.1) is 0 Å². The number of rotatable bonds is 1. The zero-order valence-electron chi connectivity index (χ0n) is 6.65. The third kappa shape index (κ3) is 2.16. The van der Waals surface area contributed by atoms with Crippen molar-refractivity contribution in [2.24, 2.45) is 0 Å². The van der Waals surface area contributed by atoms with E-state index >= 15 is 0 Å². The van der Waals surface area contributed by atoms with Crippen LogP contribution in [0.25, 0.3) is 0 Å². The molecule has 1 nitrogen and oxygen atoms in total. The lowest BCUT2D eigenvalue weighted by molar-refractivity contribution is -0.207. The number of aliphatic hydroxyl groups excluding tert-OH is 1. The van der Waals surface area contributed by atoms with Crippen LogP contribution in [0.15, 0.2) is 18.2 Å². The summed E-state index contributed by atoms with van der Waals surface area (Å²) in [5.41, 5.74) is -0.943. The second-order valence-corrected chi connectivity index (χ2v) is 2.99. The molecule has 1 aromatic carbocycles. The van der Waals surface area contributed by atoms with Crippen LogP contribution in [0, 0.1) is 5.82 Å². The van der Waals surface area contributed by atoms with Crippen LogP contribution in [-0.2, 0) is 0 Å². The molecule has 78 valence electrons. The molecule has 0 aliphatic carbocycles. The van der Waals surface area contributed by atoms with E-state index in [1.807, 2.05) is 0 Å². The number of benzene rings is 1. The fourth-order valence-electron chi connectivity index (χ4n) is 0.936. The lowest BCUT2D eigenvalue weighted by Gasteiger charge is -2.16. The van der Waals surface area contributed by atoms with Crippen molar-refractivity contribution in [1.29, 1.82) is 0 Å². The van der Waals surface area contributed by atoms with Crippen LogP contribution in [0.5, 0.6) is 0 Å². The summed E-state index contributed by atoms with van der Waals surface area (Å²) in [4.78, 5) is 0. The first kappa shape index (κ1) is 11.3. The highest BCUT2D eigenvalue weighted by molar-refractivity contribution is 6.31. The molecule has 0 aliphatic heterocycles. The van der Waals surface area contributed by atoms with Crippen LogP contribution in [0.1, 0.15) is 11.7 Å². The van der Waals surface area contributed by atoms with Gasteiger partial charge in [-0.05, 0) is 12.1 Å². The molecule has 0 saturated heterocycles. The van der Waals surface area contributed by atoms with Gasteiger partial charge in [0.25, 0.3) is 0 Å². The first-order valence-electron chi connectivity index (χ1n) is 3.52. The summed E-state index contributed by atoms with van der Waals surface area (Å²) in [6.07, 6.45) is -7.82. The summed E-state index contributed by atoms with van der Waals surface area (Å²) in [7, 11) is 0. The Morgan fingerprint density at radius 1 is 1.29 bits per heavy atom. The van der Waals surface area contributed by atoms with Gasteiger partial charge in [0, 0.05) is 10.6 Å².